The number of hydrogen-bond donors (Lipinski definition) is 0. The lowest BCUT2D eigenvalue weighted by Gasteiger charge is -2.27. The summed E-state index contributed by atoms with van der Waals surface area (Å²) in [7, 11) is 3.15. The van der Waals surface area contributed by atoms with Crippen molar-refractivity contribution in [1.82, 2.24) is 9.97 Å². The fourth-order valence-electron chi connectivity index (χ4n) is 4.54. The SMILES string of the molecule is COc1cccc(CCc2ncnc(N3CCCC3c3ccc(C(C)(F)F)cc3)c2F)c1OC. The maximum atomic E-state index is 15.5. The minimum absolute atomic E-state index is 0.0377. The molecule has 1 atom stereocenters. The number of benzene rings is 2. The van der Waals surface area contributed by atoms with Crippen LogP contribution in [-0.2, 0) is 18.8 Å². The molecule has 2 aromatic carbocycles. The Hall–Kier alpha value is -3.29. The average molecular weight is 472 g/mol. The van der Waals surface area contributed by atoms with Crippen molar-refractivity contribution in [2.45, 2.75) is 44.6 Å². The van der Waals surface area contributed by atoms with Gasteiger partial charge in [-0.15, -0.1) is 0 Å². The normalized spacial score (nSPS) is 16.1. The van der Waals surface area contributed by atoms with Crippen molar-refractivity contribution in [3.63, 3.8) is 0 Å². The molecule has 1 aliphatic rings. The van der Waals surface area contributed by atoms with Gasteiger partial charge in [0.25, 0.3) is 5.92 Å². The fourth-order valence-corrected chi connectivity index (χ4v) is 4.54. The first kappa shape index (κ1) is 23.9. The number of anilines is 1. The van der Waals surface area contributed by atoms with E-state index in [1.54, 1.807) is 26.4 Å². The molecule has 3 aromatic rings. The van der Waals surface area contributed by atoms with E-state index in [0.29, 0.717) is 36.6 Å². The van der Waals surface area contributed by atoms with Crippen molar-refractivity contribution in [2.75, 3.05) is 25.7 Å². The Kier molecular flexibility index (Phi) is 6.95. The molecule has 1 aromatic heterocycles. The maximum absolute atomic E-state index is 15.5. The summed E-state index contributed by atoms with van der Waals surface area (Å²) >= 11 is 0. The highest BCUT2D eigenvalue weighted by molar-refractivity contribution is 5.48. The predicted molar refractivity (Wildman–Crippen MR) is 124 cm³/mol. The third-order valence-corrected chi connectivity index (χ3v) is 6.29. The number of rotatable bonds is 8. The minimum atomic E-state index is -2.90. The van der Waals surface area contributed by atoms with Gasteiger partial charge < -0.3 is 14.4 Å². The minimum Gasteiger partial charge on any atom is -0.493 e. The molecule has 1 fully saturated rings. The van der Waals surface area contributed by atoms with Crippen molar-refractivity contribution in [2.24, 2.45) is 0 Å². The number of methoxy groups -OCH3 is 2. The second-order valence-corrected chi connectivity index (χ2v) is 8.47. The number of alkyl halides is 2. The summed E-state index contributed by atoms with van der Waals surface area (Å²) in [5, 5.41) is 0. The molecule has 5 nitrogen and oxygen atoms in total. The van der Waals surface area contributed by atoms with Crippen LogP contribution in [0.1, 0.15) is 48.2 Å². The Morgan fingerprint density at radius 1 is 1.03 bits per heavy atom. The van der Waals surface area contributed by atoms with E-state index in [1.165, 1.54) is 18.5 Å². The van der Waals surface area contributed by atoms with Gasteiger partial charge in [0.05, 0.1) is 26.0 Å². The van der Waals surface area contributed by atoms with Gasteiger partial charge in [0.15, 0.2) is 23.1 Å². The molecule has 0 radical (unpaired) electrons. The Morgan fingerprint density at radius 3 is 2.47 bits per heavy atom. The van der Waals surface area contributed by atoms with Crippen LogP contribution in [0, 0.1) is 5.82 Å². The van der Waals surface area contributed by atoms with Crippen molar-refractivity contribution in [1.29, 1.82) is 0 Å². The van der Waals surface area contributed by atoms with Gasteiger partial charge in [-0.3, -0.25) is 0 Å². The average Bonchev–Trinajstić information content (AvgIpc) is 3.32. The molecule has 2 heterocycles. The standard InChI is InChI=1S/C26H28F3N3O2/c1-26(28,29)19-12-9-17(10-13-19)21-7-5-15-32(21)25-23(27)20(30-16-31-25)14-11-18-6-4-8-22(33-2)24(18)34-3/h4,6,8-10,12-13,16,21H,5,7,11,14-15H2,1-3H3. The van der Waals surface area contributed by atoms with E-state index >= 15 is 4.39 Å². The van der Waals surface area contributed by atoms with Crippen molar-refractivity contribution >= 4 is 5.82 Å². The van der Waals surface area contributed by atoms with Gasteiger partial charge in [-0.1, -0.05) is 36.4 Å². The first-order chi connectivity index (χ1) is 16.3. The Morgan fingerprint density at radius 2 is 1.79 bits per heavy atom. The van der Waals surface area contributed by atoms with Crippen LogP contribution < -0.4 is 14.4 Å². The van der Waals surface area contributed by atoms with Gasteiger partial charge in [-0.25, -0.2) is 23.1 Å². The monoisotopic (exact) mass is 471 g/mol. The zero-order valence-electron chi connectivity index (χ0n) is 19.5. The fraction of sp³-hybridized carbons (Fsp3) is 0.385. The molecular weight excluding hydrogens is 443 g/mol. The number of para-hydroxylation sites is 1. The number of ether oxygens (including phenoxy) is 2. The number of aryl methyl sites for hydroxylation is 2. The van der Waals surface area contributed by atoms with E-state index < -0.39 is 11.7 Å². The first-order valence-corrected chi connectivity index (χ1v) is 11.3. The molecule has 0 amide bonds. The highest BCUT2D eigenvalue weighted by Gasteiger charge is 2.31. The van der Waals surface area contributed by atoms with E-state index in [-0.39, 0.29) is 17.4 Å². The second-order valence-electron chi connectivity index (χ2n) is 8.47. The largest absolute Gasteiger partial charge is 0.493 e. The lowest BCUT2D eigenvalue weighted by molar-refractivity contribution is 0.0174. The Labute approximate surface area is 197 Å². The summed E-state index contributed by atoms with van der Waals surface area (Å²) in [6.07, 6.45) is 3.91. The summed E-state index contributed by atoms with van der Waals surface area (Å²) in [5.41, 5.74) is 2.05. The van der Waals surface area contributed by atoms with Crippen LogP contribution in [-0.4, -0.2) is 30.7 Å². The van der Waals surface area contributed by atoms with E-state index in [9.17, 15) is 8.78 Å². The molecular formula is C26H28F3N3O2. The predicted octanol–water partition coefficient (Wildman–Crippen LogP) is 5.87. The summed E-state index contributed by atoms with van der Waals surface area (Å²) < 4.78 is 53.6. The molecule has 0 N–H and O–H groups in total. The summed E-state index contributed by atoms with van der Waals surface area (Å²) in [6, 6.07) is 11.7. The van der Waals surface area contributed by atoms with E-state index in [4.69, 9.17) is 9.47 Å². The van der Waals surface area contributed by atoms with Crippen LogP contribution in [0.2, 0.25) is 0 Å². The lowest BCUT2D eigenvalue weighted by Crippen LogP contribution is -2.25. The second kappa shape index (κ2) is 9.91. The Bertz CT molecular complexity index is 1130. The van der Waals surface area contributed by atoms with Crippen molar-refractivity contribution < 1.29 is 22.6 Å². The molecule has 34 heavy (non-hydrogen) atoms. The number of aromatic nitrogens is 2. The molecule has 0 bridgehead atoms. The van der Waals surface area contributed by atoms with Crippen LogP contribution in [0.5, 0.6) is 11.5 Å². The molecule has 4 rings (SSSR count). The Balaban J connectivity index is 1.56. The zero-order valence-corrected chi connectivity index (χ0v) is 19.5. The molecule has 1 aliphatic heterocycles. The van der Waals surface area contributed by atoms with E-state index in [0.717, 1.165) is 30.9 Å². The van der Waals surface area contributed by atoms with Gasteiger partial charge in [-0.05, 0) is 42.9 Å². The van der Waals surface area contributed by atoms with Gasteiger partial charge in [0, 0.05) is 19.0 Å². The van der Waals surface area contributed by atoms with Crippen LogP contribution in [0.15, 0.2) is 48.8 Å². The molecule has 1 saturated heterocycles. The molecule has 0 spiro atoms. The number of nitrogens with zero attached hydrogens (tertiary/aromatic N) is 3. The number of halogens is 3. The van der Waals surface area contributed by atoms with Gasteiger partial charge in [0.2, 0.25) is 0 Å². The van der Waals surface area contributed by atoms with Crippen LogP contribution in [0.25, 0.3) is 0 Å². The zero-order chi connectivity index (χ0) is 24.3. The lowest BCUT2D eigenvalue weighted by atomic mass is 10.0. The molecule has 180 valence electrons. The topological polar surface area (TPSA) is 47.5 Å². The first-order valence-electron chi connectivity index (χ1n) is 11.3. The highest BCUT2D eigenvalue weighted by Crippen LogP contribution is 2.38. The third kappa shape index (κ3) is 4.81. The van der Waals surface area contributed by atoms with E-state index in [1.807, 2.05) is 23.1 Å². The highest BCUT2D eigenvalue weighted by atomic mass is 19.3. The molecule has 0 aliphatic carbocycles. The smallest absolute Gasteiger partial charge is 0.270 e. The van der Waals surface area contributed by atoms with Gasteiger partial charge in [-0.2, -0.15) is 0 Å². The molecule has 0 saturated carbocycles. The van der Waals surface area contributed by atoms with E-state index in [2.05, 4.69) is 9.97 Å². The van der Waals surface area contributed by atoms with Crippen molar-refractivity contribution in [3.05, 3.63) is 77.0 Å². The van der Waals surface area contributed by atoms with Crippen LogP contribution in [0.4, 0.5) is 19.0 Å². The molecule has 8 heteroatoms. The summed E-state index contributed by atoms with van der Waals surface area (Å²) in [6.45, 7) is 1.51. The van der Waals surface area contributed by atoms with Gasteiger partial charge >= 0.3 is 0 Å². The number of hydrogen-bond acceptors (Lipinski definition) is 5. The van der Waals surface area contributed by atoms with Gasteiger partial charge in [0.1, 0.15) is 6.33 Å². The van der Waals surface area contributed by atoms with Crippen molar-refractivity contribution in [3.8, 4) is 11.5 Å². The summed E-state index contributed by atoms with van der Waals surface area (Å²) in [4.78, 5) is 10.3. The van der Waals surface area contributed by atoms with Crippen LogP contribution >= 0.6 is 0 Å². The summed E-state index contributed by atoms with van der Waals surface area (Å²) in [5.74, 6) is -1.86. The quantitative estimate of drug-likeness (QED) is 0.411. The van der Waals surface area contributed by atoms with Crippen LogP contribution in [0.3, 0.4) is 0 Å². The maximum Gasteiger partial charge on any atom is 0.270 e. The third-order valence-electron chi connectivity index (χ3n) is 6.29. The molecule has 1 unspecified atom stereocenters.